The summed E-state index contributed by atoms with van der Waals surface area (Å²) >= 11 is 0. The number of rotatable bonds is 5. The molecule has 1 fully saturated rings. The molecule has 0 radical (unpaired) electrons. The van der Waals surface area contributed by atoms with Crippen LogP contribution in [0.3, 0.4) is 0 Å². The normalized spacial score (nSPS) is 19.6. The molecule has 7 nitrogen and oxygen atoms in total. The van der Waals surface area contributed by atoms with E-state index >= 15 is 0 Å². The Hall–Kier alpha value is -3.49. The van der Waals surface area contributed by atoms with Gasteiger partial charge in [-0.05, 0) is 27.7 Å². The molecule has 0 spiro atoms. The van der Waals surface area contributed by atoms with Crippen LogP contribution < -0.4 is 5.32 Å². The summed E-state index contributed by atoms with van der Waals surface area (Å²) in [7, 11) is 0. The number of halogens is 2. The number of ether oxygens (including phenoxy) is 1. The fraction of sp³-hybridized carbons (Fsp3) is 0.423. The first-order chi connectivity index (χ1) is 16.4. The van der Waals surface area contributed by atoms with Gasteiger partial charge in [0, 0.05) is 12.3 Å². The molecule has 9 heteroatoms. The number of likely N-dealkylation sites (tertiary alicyclic amines) is 1. The Morgan fingerprint density at radius 1 is 1.09 bits per heavy atom. The number of hydrogen-bond donors (Lipinski definition) is 2. The number of carbonyl (C=O) groups excluding carboxylic acids is 2. The molecule has 0 saturated carbocycles. The Morgan fingerprint density at radius 3 is 2.14 bits per heavy atom. The SMILES string of the molecule is CC(C)(C)[C@@H](NC(=O)OCC1c2ccccc2-c2ccccc21)C(=O)N1CC(F)(F)C[C@@H]1C(=O)O. The van der Waals surface area contributed by atoms with Crippen molar-refractivity contribution in [3.63, 3.8) is 0 Å². The molecule has 0 unspecified atom stereocenters. The van der Waals surface area contributed by atoms with Crippen molar-refractivity contribution in [1.82, 2.24) is 10.2 Å². The van der Waals surface area contributed by atoms with E-state index in [4.69, 9.17) is 4.74 Å². The second-order valence-electron chi connectivity index (χ2n) is 10.1. The van der Waals surface area contributed by atoms with Gasteiger partial charge in [-0.15, -0.1) is 0 Å². The molecular weight excluding hydrogens is 458 g/mol. The second kappa shape index (κ2) is 8.94. The summed E-state index contributed by atoms with van der Waals surface area (Å²) < 4.78 is 33.4. The summed E-state index contributed by atoms with van der Waals surface area (Å²) in [6.07, 6.45) is -1.84. The molecule has 0 bridgehead atoms. The van der Waals surface area contributed by atoms with E-state index in [2.05, 4.69) is 5.32 Å². The highest BCUT2D eigenvalue weighted by Gasteiger charge is 2.52. The van der Waals surface area contributed by atoms with Crippen LogP contribution in [0.5, 0.6) is 0 Å². The van der Waals surface area contributed by atoms with Crippen LogP contribution in [0.1, 0.15) is 44.2 Å². The number of fused-ring (bicyclic) bond motifs is 3. The highest BCUT2D eigenvalue weighted by molar-refractivity contribution is 5.90. The molecule has 1 aliphatic heterocycles. The molecule has 1 heterocycles. The van der Waals surface area contributed by atoms with Gasteiger partial charge >= 0.3 is 12.1 Å². The van der Waals surface area contributed by atoms with Gasteiger partial charge in [0.2, 0.25) is 5.91 Å². The third-order valence-corrected chi connectivity index (χ3v) is 6.56. The first-order valence-electron chi connectivity index (χ1n) is 11.4. The van der Waals surface area contributed by atoms with E-state index in [1.165, 1.54) is 0 Å². The first-order valence-corrected chi connectivity index (χ1v) is 11.4. The minimum atomic E-state index is -3.31. The predicted octanol–water partition coefficient (Wildman–Crippen LogP) is 4.26. The molecule has 0 aromatic heterocycles. The number of nitrogens with one attached hydrogen (secondary N) is 1. The average Bonchev–Trinajstić information content (AvgIpc) is 3.29. The summed E-state index contributed by atoms with van der Waals surface area (Å²) in [5.74, 6) is -5.89. The number of alkyl carbamates (subject to hydrolysis) is 1. The van der Waals surface area contributed by atoms with Crippen LogP contribution in [0.25, 0.3) is 11.1 Å². The monoisotopic (exact) mass is 486 g/mol. The number of amides is 2. The van der Waals surface area contributed by atoms with Gasteiger partial charge in [0.05, 0.1) is 6.54 Å². The molecule has 2 N–H and O–H groups in total. The maximum atomic E-state index is 14.0. The number of nitrogens with zero attached hydrogens (tertiary/aromatic N) is 1. The van der Waals surface area contributed by atoms with Gasteiger partial charge in [0.15, 0.2) is 0 Å². The van der Waals surface area contributed by atoms with E-state index in [9.17, 15) is 28.3 Å². The van der Waals surface area contributed by atoms with Crippen molar-refractivity contribution in [3.8, 4) is 11.1 Å². The summed E-state index contributed by atoms with van der Waals surface area (Å²) in [4.78, 5) is 38.1. The van der Waals surface area contributed by atoms with E-state index < -0.39 is 54.4 Å². The molecule has 4 rings (SSSR count). The third-order valence-electron chi connectivity index (χ3n) is 6.56. The quantitative estimate of drug-likeness (QED) is 0.659. The lowest BCUT2D eigenvalue weighted by molar-refractivity contribution is -0.150. The minimum absolute atomic E-state index is 0.0183. The largest absolute Gasteiger partial charge is 0.480 e. The topological polar surface area (TPSA) is 95.9 Å². The predicted molar refractivity (Wildman–Crippen MR) is 124 cm³/mol. The fourth-order valence-electron chi connectivity index (χ4n) is 4.84. The van der Waals surface area contributed by atoms with Crippen molar-refractivity contribution < 1.29 is 33.0 Å². The van der Waals surface area contributed by atoms with Gasteiger partial charge in [0.1, 0.15) is 18.7 Å². The lowest BCUT2D eigenvalue weighted by Gasteiger charge is -2.34. The highest BCUT2D eigenvalue weighted by atomic mass is 19.3. The summed E-state index contributed by atoms with van der Waals surface area (Å²) in [6, 6.07) is 12.8. The zero-order valence-corrected chi connectivity index (χ0v) is 19.8. The molecule has 186 valence electrons. The smallest absolute Gasteiger partial charge is 0.407 e. The zero-order chi connectivity index (χ0) is 25.5. The van der Waals surface area contributed by atoms with Crippen molar-refractivity contribution in [1.29, 1.82) is 0 Å². The number of carboxylic acid groups (broad SMARTS) is 1. The highest BCUT2D eigenvalue weighted by Crippen LogP contribution is 2.44. The van der Waals surface area contributed by atoms with Crippen molar-refractivity contribution in [2.75, 3.05) is 13.2 Å². The molecule has 35 heavy (non-hydrogen) atoms. The first kappa shape index (κ1) is 24.6. The molecule has 2 aromatic rings. The van der Waals surface area contributed by atoms with Crippen LogP contribution in [0.4, 0.5) is 13.6 Å². The number of aliphatic carboxylic acids is 1. The maximum absolute atomic E-state index is 14.0. The van der Waals surface area contributed by atoms with Crippen molar-refractivity contribution in [3.05, 3.63) is 59.7 Å². The van der Waals surface area contributed by atoms with Crippen LogP contribution in [-0.4, -0.2) is 59.1 Å². The number of carbonyl (C=O) groups is 3. The summed E-state index contributed by atoms with van der Waals surface area (Å²) in [5, 5.41) is 11.9. The standard InChI is InChI=1S/C26H28F2N2O5/c1-25(2,3)21(22(31)30-14-26(27,28)12-20(30)23(32)33)29-24(34)35-13-19-17-10-6-4-8-15(17)16-9-5-7-11-18(16)19/h4-11,19-21H,12-14H2,1-3H3,(H,29,34)(H,32,33)/t20-,21+/m1/s1. The Balaban J connectivity index is 1.49. The Morgan fingerprint density at radius 2 is 1.63 bits per heavy atom. The lowest BCUT2D eigenvalue weighted by Crippen LogP contribution is -2.57. The Bertz CT molecular complexity index is 1110. The van der Waals surface area contributed by atoms with Crippen LogP contribution in [0.15, 0.2) is 48.5 Å². The maximum Gasteiger partial charge on any atom is 0.407 e. The molecule has 2 atom stereocenters. The van der Waals surface area contributed by atoms with Crippen LogP contribution >= 0.6 is 0 Å². The van der Waals surface area contributed by atoms with Crippen LogP contribution in [-0.2, 0) is 14.3 Å². The molecule has 2 aromatic carbocycles. The average molecular weight is 487 g/mol. The summed E-state index contributed by atoms with van der Waals surface area (Å²) in [6.45, 7) is 3.97. The van der Waals surface area contributed by atoms with Gasteiger partial charge in [-0.25, -0.2) is 18.4 Å². The molecule has 2 aliphatic rings. The van der Waals surface area contributed by atoms with E-state index in [1.54, 1.807) is 20.8 Å². The van der Waals surface area contributed by atoms with Crippen molar-refractivity contribution in [2.24, 2.45) is 5.41 Å². The van der Waals surface area contributed by atoms with Gasteiger partial charge in [0.25, 0.3) is 5.92 Å². The van der Waals surface area contributed by atoms with Gasteiger partial charge in [-0.3, -0.25) is 4.79 Å². The third kappa shape index (κ3) is 4.85. The molecule has 1 saturated heterocycles. The fourth-order valence-corrected chi connectivity index (χ4v) is 4.84. The number of hydrogen-bond acceptors (Lipinski definition) is 4. The number of benzene rings is 2. The van der Waals surface area contributed by atoms with Crippen molar-refractivity contribution in [2.45, 2.75) is 51.1 Å². The Kier molecular flexibility index (Phi) is 6.29. The minimum Gasteiger partial charge on any atom is -0.480 e. The molecule has 1 aliphatic carbocycles. The molecule has 2 amide bonds. The van der Waals surface area contributed by atoms with E-state index in [0.29, 0.717) is 4.90 Å². The number of carboxylic acids is 1. The lowest BCUT2D eigenvalue weighted by atomic mass is 9.85. The van der Waals surface area contributed by atoms with E-state index in [-0.39, 0.29) is 12.5 Å². The van der Waals surface area contributed by atoms with E-state index in [0.717, 1.165) is 22.3 Å². The van der Waals surface area contributed by atoms with Gasteiger partial charge in [-0.2, -0.15) is 0 Å². The second-order valence-corrected chi connectivity index (χ2v) is 10.1. The van der Waals surface area contributed by atoms with Gasteiger partial charge in [-0.1, -0.05) is 69.3 Å². The number of alkyl halides is 2. The van der Waals surface area contributed by atoms with Crippen LogP contribution in [0, 0.1) is 5.41 Å². The van der Waals surface area contributed by atoms with Gasteiger partial charge < -0.3 is 20.1 Å². The van der Waals surface area contributed by atoms with Crippen molar-refractivity contribution >= 4 is 18.0 Å². The summed E-state index contributed by atoms with van der Waals surface area (Å²) in [5.41, 5.74) is 3.29. The van der Waals surface area contributed by atoms with E-state index in [1.807, 2.05) is 48.5 Å². The Labute approximate surface area is 202 Å². The zero-order valence-electron chi connectivity index (χ0n) is 19.8. The molecular formula is C26H28F2N2O5. The van der Waals surface area contributed by atoms with Crippen LogP contribution in [0.2, 0.25) is 0 Å².